The summed E-state index contributed by atoms with van der Waals surface area (Å²) in [6, 6.07) is 4.43. The summed E-state index contributed by atoms with van der Waals surface area (Å²) >= 11 is 0. The van der Waals surface area contributed by atoms with Crippen LogP contribution in [0.25, 0.3) is 0 Å². The lowest BCUT2D eigenvalue weighted by Crippen LogP contribution is -2.10. The average molecular weight is 248 g/mol. The van der Waals surface area contributed by atoms with Crippen LogP contribution in [-0.2, 0) is 11.2 Å². The third-order valence-corrected chi connectivity index (χ3v) is 3.79. The molecule has 0 spiro atoms. The van der Waals surface area contributed by atoms with Crippen LogP contribution in [0.1, 0.15) is 37.5 Å². The van der Waals surface area contributed by atoms with E-state index in [-0.39, 0.29) is 0 Å². The Morgan fingerprint density at radius 3 is 2.50 bits per heavy atom. The third kappa shape index (κ3) is 2.86. The quantitative estimate of drug-likeness (QED) is 0.742. The van der Waals surface area contributed by atoms with E-state index >= 15 is 0 Å². The predicted octanol–water partition coefficient (Wildman–Crippen LogP) is 3.67. The number of hydrogen-bond acceptors (Lipinski definition) is 2. The van der Waals surface area contributed by atoms with Crippen LogP contribution < -0.4 is 4.74 Å². The largest absolute Gasteiger partial charge is 0.494 e. The van der Waals surface area contributed by atoms with Crippen molar-refractivity contribution in [2.24, 2.45) is 5.92 Å². The molecule has 1 aliphatic rings. The highest BCUT2D eigenvalue weighted by Gasteiger charge is 2.38. The summed E-state index contributed by atoms with van der Waals surface area (Å²) in [5.74, 6) is 1.61. The van der Waals surface area contributed by atoms with E-state index in [0.717, 1.165) is 18.8 Å². The van der Waals surface area contributed by atoms with Crippen molar-refractivity contribution in [1.82, 2.24) is 0 Å². The molecule has 2 rings (SSSR count). The Kier molecular flexibility index (Phi) is 3.96. The Morgan fingerprint density at radius 1 is 1.28 bits per heavy atom. The van der Waals surface area contributed by atoms with E-state index in [4.69, 9.17) is 9.47 Å². The maximum Gasteiger partial charge on any atom is 0.122 e. The molecule has 1 saturated heterocycles. The predicted molar refractivity (Wildman–Crippen MR) is 74.3 cm³/mol. The van der Waals surface area contributed by atoms with Crippen molar-refractivity contribution < 1.29 is 9.47 Å². The first kappa shape index (κ1) is 13.4. The maximum absolute atomic E-state index is 5.63. The van der Waals surface area contributed by atoms with Gasteiger partial charge in [-0.3, -0.25) is 0 Å². The molecule has 0 amide bonds. The number of ether oxygens (including phenoxy) is 2. The van der Waals surface area contributed by atoms with Crippen LogP contribution in [0.4, 0.5) is 0 Å². The Hall–Kier alpha value is -1.02. The minimum absolute atomic E-state index is 0.448. The van der Waals surface area contributed by atoms with Gasteiger partial charge in [-0.1, -0.05) is 13.0 Å². The van der Waals surface area contributed by atoms with E-state index in [9.17, 15) is 0 Å². The Bertz CT molecular complexity index is 425. The van der Waals surface area contributed by atoms with Crippen molar-refractivity contribution in [1.29, 1.82) is 0 Å². The zero-order chi connectivity index (χ0) is 13.3. The van der Waals surface area contributed by atoms with Crippen LogP contribution in [-0.4, -0.2) is 18.8 Å². The molecule has 1 fully saturated rings. The molecule has 1 aromatic carbocycles. The summed E-state index contributed by atoms with van der Waals surface area (Å²) in [4.78, 5) is 0. The summed E-state index contributed by atoms with van der Waals surface area (Å²) in [6.07, 6.45) is 1.99. The lowest BCUT2D eigenvalue weighted by atomic mass is 9.92. The van der Waals surface area contributed by atoms with Crippen molar-refractivity contribution in [3.05, 3.63) is 28.8 Å². The number of benzene rings is 1. The van der Waals surface area contributed by atoms with E-state index in [0.29, 0.717) is 18.1 Å². The maximum atomic E-state index is 5.63. The fraction of sp³-hybridized carbons (Fsp3) is 0.625. The highest BCUT2D eigenvalue weighted by atomic mass is 16.6. The van der Waals surface area contributed by atoms with E-state index < -0.39 is 0 Å². The van der Waals surface area contributed by atoms with Gasteiger partial charge in [-0.15, -0.1) is 0 Å². The molecule has 0 aliphatic carbocycles. The van der Waals surface area contributed by atoms with Crippen LogP contribution >= 0.6 is 0 Å². The molecule has 0 N–H and O–H groups in total. The van der Waals surface area contributed by atoms with Gasteiger partial charge in [0.15, 0.2) is 0 Å². The lowest BCUT2D eigenvalue weighted by Gasteiger charge is -2.15. The molecule has 18 heavy (non-hydrogen) atoms. The zero-order valence-corrected chi connectivity index (χ0v) is 12.1. The molecule has 0 saturated carbocycles. The fourth-order valence-corrected chi connectivity index (χ4v) is 2.64. The van der Waals surface area contributed by atoms with Gasteiger partial charge in [-0.05, 0) is 62.8 Å². The molecule has 100 valence electrons. The molecule has 1 heterocycles. The first-order chi connectivity index (χ1) is 8.52. The molecule has 3 atom stereocenters. The molecule has 1 aromatic rings. The molecule has 2 heteroatoms. The highest BCUT2D eigenvalue weighted by molar-refractivity contribution is 5.41. The SMILES string of the molecule is CCOc1cc(C)c(CC(C)C2OC2C)cc1C. The van der Waals surface area contributed by atoms with Crippen LogP contribution in [0.3, 0.4) is 0 Å². The minimum atomic E-state index is 0.448. The van der Waals surface area contributed by atoms with Gasteiger partial charge in [0, 0.05) is 0 Å². The number of aryl methyl sites for hydroxylation is 2. The first-order valence-electron chi connectivity index (χ1n) is 6.91. The highest BCUT2D eigenvalue weighted by Crippen LogP contribution is 2.32. The second-order valence-corrected chi connectivity index (χ2v) is 5.46. The second kappa shape index (κ2) is 5.31. The van der Waals surface area contributed by atoms with E-state index in [1.807, 2.05) is 6.92 Å². The third-order valence-electron chi connectivity index (χ3n) is 3.79. The Balaban J connectivity index is 2.11. The summed E-state index contributed by atoms with van der Waals surface area (Å²) in [5.41, 5.74) is 3.98. The molecule has 0 aromatic heterocycles. The van der Waals surface area contributed by atoms with Crippen LogP contribution in [0, 0.1) is 19.8 Å². The Labute approximate surface area is 110 Å². The van der Waals surface area contributed by atoms with Crippen molar-refractivity contribution in [2.45, 2.75) is 53.2 Å². The van der Waals surface area contributed by atoms with Crippen molar-refractivity contribution in [3.63, 3.8) is 0 Å². The van der Waals surface area contributed by atoms with Gasteiger partial charge in [-0.2, -0.15) is 0 Å². The Morgan fingerprint density at radius 2 is 1.94 bits per heavy atom. The van der Waals surface area contributed by atoms with Gasteiger partial charge in [-0.25, -0.2) is 0 Å². The van der Waals surface area contributed by atoms with Crippen LogP contribution in [0.15, 0.2) is 12.1 Å². The standard InChI is InChI=1S/C16H24O2/c1-6-17-15-9-10(2)14(7-11(15)3)8-12(4)16-13(5)18-16/h7,9,12-13,16H,6,8H2,1-5H3. The molecule has 0 bridgehead atoms. The normalized spacial score (nSPS) is 23.8. The molecular formula is C16H24O2. The average Bonchev–Trinajstić information content (AvgIpc) is 3.03. The number of epoxide rings is 1. The van der Waals surface area contributed by atoms with Crippen LogP contribution in [0.5, 0.6) is 5.75 Å². The van der Waals surface area contributed by atoms with E-state index in [2.05, 4.69) is 39.8 Å². The van der Waals surface area contributed by atoms with Crippen molar-refractivity contribution in [3.8, 4) is 5.75 Å². The summed E-state index contributed by atoms with van der Waals surface area (Å²) in [7, 11) is 0. The second-order valence-electron chi connectivity index (χ2n) is 5.46. The van der Waals surface area contributed by atoms with Gasteiger partial charge in [0.2, 0.25) is 0 Å². The molecule has 1 aliphatic heterocycles. The summed E-state index contributed by atoms with van der Waals surface area (Å²) in [5, 5.41) is 0. The minimum Gasteiger partial charge on any atom is -0.494 e. The topological polar surface area (TPSA) is 21.8 Å². The summed E-state index contributed by atoms with van der Waals surface area (Å²) in [6.45, 7) is 11.5. The lowest BCUT2D eigenvalue weighted by molar-refractivity contribution is 0.327. The molecule has 3 unspecified atom stereocenters. The van der Waals surface area contributed by atoms with Gasteiger partial charge in [0.05, 0.1) is 18.8 Å². The monoisotopic (exact) mass is 248 g/mol. The molecule has 0 radical (unpaired) electrons. The van der Waals surface area contributed by atoms with E-state index in [1.54, 1.807) is 0 Å². The fourth-order valence-electron chi connectivity index (χ4n) is 2.64. The van der Waals surface area contributed by atoms with Gasteiger partial charge in [0.25, 0.3) is 0 Å². The molecular weight excluding hydrogens is 224 g/mol. The van der Waals surface area contributed by atoms with E-state index in [1.165, 1.54) is 16.7 Å². The van der Waals surface area contributed by atoms with Crippen molar-refractivity contribution in [2.75, 3.05) is 6.61 Å². The van der Waals surface area contributed by atoms with Crippen molar-refractivity contribution >= 4 is 0 Å². The smallest absolute Gasteiger partial charge is 0.122 e. The first-order valence-corrected chi connectivity index (χ1v) is 6.91. The summed E-state index contributed by atoms with van der Waals surface area (Å²) < 4.78 is 11.2. The molecule has 2 nitrogen and oxygen atoms in total. The van der Waals surface area contributed by atoms with Gasteiger partial charge >= 0.3 is 0 Å². The van der Waals surface area contributed by atoms with Gasteiger partial charge < -0.3 is 9.47 Å². The number of hydrogen-bond donors (Lipinski definition) is 0. The zero-order valence-electron chi connectivity index (χ0n) is 12.1. The van der Waals surface area contributed by atoms with Gasteiger partial charge in [0.1, 0.15) is 5.75 Å². The number of rotatable bonds is 5. The van der Waals surface area contributed by atoms with Crippen LogP contribution in [0.2, 0.25) is 0 Å².